The van der Waals surface area contributed by atoms with Gasteiger partial charge >= 0.3 is 12.0 Å². The molecular weight excluding hydrogens is 272 g/mol. The predicted octanol–water partition coefficient (Wildman–Crippen LogP) is 1.48. The van der Waals surface area contributed by atoms with Crippen LogP contribution in [0.2, 0.25) is 0 Å². The molecule has 0 radical (unpaired) electrons. The summed E-state index contributed by atoms with van der Waals surface area (Å²) in [7, 11) is 2.94. The Hall–Kier alpha value is -1.92. The van der Waals surface area contributed by atoms with E-state index in [1.54, 1.807) is 0 Å². The Labute approximate surface area is 124 Å². The molecule has 116 valence electrons. The number of hydrogen-bond donors (Lipinski definition) is 1. The van der Waals surface area contributed by atoms with Crippen LogP contribution in [0.5, 0.6) is 12.0 Å². The van der Waals surface area contributed by atoms with Gasteiger partial charge in [-0.3, -0.25) is 4.79 Å². The van der Waals surface area contributed by atoms with E-state index in [2.05, 4.69) is 20.3 Å². The maximum Gasteiger partial charge on any atom is 0.322 e. The topological polar surface area (TPSA) is 86.2 Å². The lowest BCUT2D eigenvalue weighted by molar-refractivity contribution is -0.121. The van der Waals surface area contributed by atoms with E-state index in [0.29, 0.717) is 18.2 Å². The van der Waals surface area contributed by atoms with Crippen molar-refractivity contribution < 1.29 is 14.3 Å². The molecule has 21 heavy (non-hydrogen) atoms. The summed E-state index contributed by atoms with van der Waals surface area (Å²) in [5.41, 5.74) is 0. The van der Waals surface area contributed by atoms with E-state index in [-0.39, 0.29) is 24.5 Å². The molecule has 1 N–H and O–H groups in total. The van der Waals surface area contributed by atoms with Gasteiger partial charge in [0.25, 0.3) is 0 Å². The van der Waals surface area contributed by atoms with Crippen LogP contribution in [0.15, 0.2) is 0 Å². The molecule has 0 bridgehead atoms. The quantitative estimate of drug-likeness (QED) is 0.819. The molecule has 1 aliphatic rings. The van der Waals surface area contributed by atoms with Crippen LogP contribution in [0.3, 0.4) is 0 Å². The number of aromatic nitrogens is 3. The van der Waals surface area contributed by atoms with Crippen molar-refractivity contribution in [1.82, 2.24) is 20.3 Å². The Balaban J connectivity index is 1.79. The highest BCUT2D eigenvalue weighted by molar-refractivity contribution is 5.75. The lowest BCUT2D eigenvalue weighted by Gasteiger charge is -2.09. The van der Waals surface area contributed by atoms with Crippen LogP contribution in [-0.4, -0.2) is 35.1 Å². The highest BCUT2D eigenvalue weighted by Crippen LogP contribution is 2.28. The third-order valence-electron chi connectivity index (χ3n) is 3.70. The molecule has 1 aromatic rings. The summed E-state index contributed by atoms with van der Waals surface area (Å²) in [6.07, 6.45) is 6.65. The van der Waals surface area contributed by atoms with Gasteiger partial charge in [-0.15, -0.1) is 4.98 Å². The largest absolute Gasteiger partial charge is 0.467 e. The molecule has 2 rings (SSSR count). The minimum Gasteiger partial charge on any atom is -0.467 e. The molecule has 0 atom stereocenters. The van der Waals surface area contributed by atoms with Gasteiger partial charge in [0.05, 0.1) is 20.8 Å². The van der Waals surface area contributed by atoms with Gasteiger partial charge < -0.3 is 14.8 Å². The molecule has 1 amide bonds. The van der Waals surface area contributed by atoms with E-state index in [9.17, 15) is 4.79 Å². The molecule has 0 unspecified atom stereocenters. The predicted molar refractivity (Wildman–Crippen MR) is 76.0 cm³/mol. The average Bonchev–Trinajstić information content (AvgIpc) is 3.03. The lowest BCUT2D eigenvalue weighted by atomic mass is 10.0. The second kappa shape index (κ2) is 7.75. The highest BCUT2D eigenvalue weighted by Gasteiger charge is 2.16. The smallest absolute Gasteiger partial charge is 0.322 e. The fourth-order valence-electron chi connectivity index (χ4n) is 2.54. The van der Waals surface area contributed by atoms with Gasteiger partial charge in [0.1, 0.15) is 0 Å². The van der Waals surface area contributed by atoms with Crippen molar-refractivity contribution in [2.24, 2.45) is 5.92 Å². The second-order valence-corrected chi connectivity index (χ2v) is 5.19. The van der Waals surface area contributed by atoms with Gasteiger partial charge in [-0.25, -0.2) is 0 Å². The zero-order valence-electron chi connectivity index (χ0n) is 12.6. The first-order chi connectivity index (χ1) is 10.2. The Morgan fingerprint density at radius 1 is 1.14 bits per heavy atom. The molecule has 1 fully saturated rings. The van der Waals surface area contributed by atoms with E-state index >= 15 is 0 Å². The van der Waals surface area contributed by atoms with Crippen LogP contribution in [-0.2, 0) is 11.3 Å². The second-order valence-electron chi connectivity index (χ2n) is 5.19. The van der Waals surface area contributed by atoms with Crippen molar-refractivity contribution >= 4 is 5.91 Å². The standard InChI is InChI=1S/C14H22N4O3/c1-20-13-16-11(17-14(18-13)21-2)9-15-12(19)8-7-10-5-3-4-6-10/h10H,3-9H2,1-2H3,(H,15,19). The molecule has 7 heteroatoms. The fraction of sp³-hybridized carbons (Fsp3) is 0.714. The zero-order chi connectivity index (χ0) is 15.1. The Morgan fingerprint density at radius 3 is 2.33 bits per heavy atom. The highest BCUT2D eigenvalue weighted by atomic mass is 16.5. The van der Waals surface area contributed by atoms with E-state index in [0.717, 1.165) is 6.42 Å². The normalized spacial score (nSPS) is 15.0. The van der Waals surface area contributed by atoms with Crippen LogP contribution in [0.25, 0.3) is 0 Å². The summed E-state index contributed by atoms with van der Waals surface area (Å²) in [5.74, 6) is 1.17. The summed E-state index contributed by atoms with van der Waals surface area (Å²) < 4.78 is 9.93. The van der Waals surface area contributed by atoms with Crippen molar-refractivity contribution in [2.75, 3.05) is 14.2 Å². The van der Waals surface area contributed by atoms with Crippen molar-refractivity contribution in [2.45, 2.75) is 45.1 Å². The minimum absolute atomic E-state index is 0.0280. The van der Waals surface area contributed by atoms with Crippen molar-refractivity contribution in [3.63, 3.8) is 0 Å². The molecule has 0 aromatic carbocycles. The van der Waals surface area contributed by atoms with Gasteiger partial charge in [-0.05, 0) is 12.3 Å². The molecule has 7 nitrogen and oxygen atoms in total. The maximum atomic E-state index is 11.8. The molecule has 0 spiro atoms. The Morgan fingerprint density at radius 2 is 1.76 bits per heavy atom. The average molecular weight is 294 g/mol. The Kier molecular flexibility index (Phi) is 5.71. The molecule has 1 saturated carbocycles. The van der Waals surface area contributed by atoms with Crippen LogP contribution < -0.4 is 14.8 Å². The summed E-state index contributed by atoms with van der Waals surface area (Å²) in [6.45, 7) is 0.249. The summed E-state index contributed by atoms with van der Waals surface area (Å²) in [4.78, 5) is 23.9. The molecule has 1 aromatic heterocycles. The van der Waals surface area contributed by atoms with Crippen molar-refractivity contribution in [3.8, 4) is 12.0 Å². The number of nitrogens with one attached hydrogen (secondary N) is 1. The first-order valence-corrected chi connectivity index (χ1v) is 7.31. The third kappa shape index (κ3) is 4.84. The van der Waals surface area contributed by atoms with E-state index in [1.165, 1.54) is 39.9 Å². The van der Waals surface area contributed by atoms with E-state index < -0.39 is 0 Å². The van der Waals surface area contributed by atoms with Gasteiger partial charge in [0.2, 0.25) is 5.91 Å². The minimum atomic E-state index is 0.0280. The summed E-state index contributed by atoms with van der Waals surface area (Å²) >= 11 is 0. The van der Waals surface area contributed by atoms with Gasteiger partial charge in [-0.2, -0.15) is 9.97 Å². The van der Waals surface area contributed by atoms with Crippen LogP contribution in [0.1, 0.15) is 44.3 Å². The number of amides is 1. The van der Waals surface area contributed by atoms with Crippen LogP contribution in [0, 0.1) is 5.92 Å². The molecule has 1 aliphatic carbocycles. The fourth-order valence-corrected chi connectivity index (χ4v) is 2.54. The number of carbonyl (C=O) groups excluding carboxylic acids is 1. The Bertz CT molecular complexity index is 453. The number of carbonyl (C=O) groups is 1. The van der Waals surface area contributed by atoms with Crippen molar-refractivity contribution in [3.05, 3.63) is 5.82 Å². The van der Waals surface area contributed by atoms with Gasteiger partial charge in [0.15, 0.2) is 5.82 Å². The molecular formula is C14H22N4O3. The van der Waals surface area contributed by atoms with E-state index in [1.807, 2.05) is 0 Å². The SMILES string of the molecule is COc1nc(CNC(=O)CCC2CCCC2)nc(OC)n1. The lowest BCUT2D eigenvalue weighted by Crippen LogP contribution is -2.24. The molecule has 0 aliphatic heterocycles. The zero-order valence-corrected chi connectivity index (χ0v) is 12.6. The monoisotopic (exact) mass is 294 g/mol. The van der Waals surface area contributed by atoms with Gasteiger partial charge in [0, 0.05) is 6.42 Å². The maximum absolute atomic E-state index is 11.8. The number of rotatable bonds is 7. The van der Waals surface area contributed by atoms with Crippen LogP contribution >= 0.6 is 0 Å². The summed E-state index contributed by atoms with van der Waals surface area (Å²) in [5, 5.41) is 2.82. The molecule has 0 saturated heterocycles. The number of hydrogen-bond acceptors (Lipinski definition) is 6. The number of nitrogens with zero attached hydrogens (tertiary/aromatic N) is 3. The third-order valence-corrected chi connectivity index (χ3v) is 3.70. The van der Waals surface area contributed by atoms with Gasteiger partial charge in [-0.1, -0.05) is 25.7 Å². The number of ether oxygens (including phenoxy) is 2. The summed E-state index contributed by atoms with van der Waals surface area (Å²) in [6, 6.07) is 0.356. The first kappa shape index (κ1) is 15.5. The molecule has 1 heterocycles. The van der Waals surface area contributed by atoms with Crippen LogP contribution in [0.4, 0.5) is 0 Å². The van der Waals surface area contributed by atoms with E-state index in [4.69, 9.17) is 9.47 Å². The number of methoxy groups -OCH3 is 2. The van der Waals surface area contributed by atoms with Crippen molar-refractivity contribution in [1.29, 1.82) is 0 Å². The first-order valence-electron chi connectivity index (χ1n) is 7.31.